The third kappa shape index (κ3) is 7.79. The van der Waals surface area contributed by atoms with Gasteiger partial charge in [0.2, 0.25) is 0 Å². The fraction of sp³-hybridized carbons (Fsp3) is 0.529. The van der Waals surface area contributed by atoms with Crippen LogP contribution in [0.3, 0.4) is 0 Å². The van der Waals surface area contributed by atoms with Gasteiger partial charge in [0.05, 0.1) is 6.61 Å². The van der Waals surface area contributed by atoms with E-state index in [2.05, 4.69) is 5.92 Å². The van der Waals surface area contributed by atoms with Gasteiger partial charge in [-0.15, -0.1) is 12.3 Å². The molecule has 1 rings (SSSR count). The number of terminal acetylenes is 1. The van der Waals surface area contributed by atoms with E-state index in [4.69, 9.17) is 11.2 Å². The summed E-state index contributed by atoms with van der Waals surface area (Å²) in [6.07, 6.45) is 15.0. The van der Waals surface area contributed by atoms with Crippen LogP contribution in [0.25, 0.3) is 0 Å². The van der Waals surface area contributed by atoms with Crippen LogP contribution in [0, 0.1) is 12.3 Å². The third-order valence-corrected chi connectivity index (χ3v) is 2.98. The predicted molar refractivity (Wildman–Crippen MR) is 77.7 cm³/mol. The predicted octanol–water partition coefficient (Wildman–Crippen LogP) is 4.82. The highest BCUT2D eigenvalue weighted by atomic mass is 16.5. The lowest BCUT2D eigenvalue weighted by Crippen LogP contribution is -1.96. The number of para-hydroxylation sites is 1. The fourth-order valence-electron chi connectivity index (χ4n) is 1.92. The molecule has 0 unspecified atom stereocenters. The molecule has 0 spiro atoms. The van der Waals surface area contributed by atoms with E-state index in [0.717, 1.165) is 25.2 Å². The molecule has 0 heterocycles. The Morgan fingerprint density at radius 1 is 0.833 bits per heavy atom. The second-order valence-corrected chi connectivity index (χ2v) is 4.59. The van der Waals surface area contributed by atoms with Crippen molar-refractivity contribution < 1.29 is 4.74 Å². The molecule has 0 aromatic heterocycles. The van der Waals surface area contributed by atoms with Crippen LogP contribution in [0.1, 0.15) is 51.4 Å². The summed E-state index contributed by atoms with van der Waals surface area (Å²) in [6.45, 7) is 0.834. The van der Waals surface area contributed by atoms with Gasteiger partial charge in [-0.05, 0) is 25.0 Å². The maximum atomic E-state index is 5.64. The fourth-order valence-corrected chi connectivity index (χ4v) is 1.92. The molecule has 0 radical (unpaired) electrons. The second-order valence-electron chi connectivity index (χ2n) is 4.59. The topological polar surface area (TPSA) is 9.23 Å². The molecule has 0 amide bonds. The molecule has 0 saturated carbocycles. The molecule has 0 aliphatic rings. The van der Waals surface area contributed by atoms with Crippen molar-refractivity contribution in [3.05, 3.63) is 30.3 Å². The summed E-state index contributed by atoms with van der Waals surface area (Å²) in [4.78, 5) is 0. The van der Waals surface area contributed by atoms with E-state index in [-0.39, 0.29) is 0 Å². The molecule has 0 atom stereocenters. The van der Waals surface area contributed by atoms with Gasteiger partial charge in [0.25, 0.3) is 0 Å². The maximum absolute atomic E-state index is 5.64. The highest BCUT2D eigenvalue weighted by Gasteiger charge is 1.93. The zero-order chi connectivity index (χ0) is 12.9. The molecule has 1 nitrogen and oxygen atoms in total. The molecule has 1 aromatic rings. The van der Waals surface area contributed by atoms with E-state index in [1.807, 2.05) is 30.3 Å². The van der Waals surface area contributed by atoms with Crippen LogP contribution in [0.4, 0.5) is 0 Å². The van der Waals surface area contributed by atoms with Crippen molar-refractivity contribution in [1.29, 1.82) is 0 Å². The molecule has 0 N–H and O–H groups in total. The minimum absolute atomic E-state index is 0.834. The highest BCUT2D eigenvalue weighted by Crippen LogP contribution is 2.11. The van der Waals surface area contributed by atoms with Gasteiger partial charge in [-0.3, -0.25) is 0 Å². The first-order valence-corrected chi connectivity index (χ1v) is 7.05. The van der Waals surface area contributed by atoms with Gasteiger partial charge in [-0.25, -0.2) is 0 Å². The van der Waals surface area contributed by atoms with E-state index in [1.54, 1.807) is 0 Å². The van der Waals surface area contributed by atoms with Crippen LogP contribution in [0.15, 0.2) is 30.3 Å². The molecule has 0 fully saturated rings. The smallest absolute Gasteiger partial charge is 0.119 e. The first kappa shape index (κ1) is 14.6. The molecular weight excluding hydrogens is 220 g/mol. The minimum atomic E-state index is 0.834. The summed E-state index contributed by atoms with van der Waals surface area (Å²) in [5.41, 5.74) is 0. The SMILES string of the molecule is C#CCCCCCCCCCOc1ccccc1. The third-order valence-electron chi connectivity index (χ3n) is 2.98. The Morgan fingerprint density at radius 3 is 2.11 bits per heavy atom. The lowest BCUT2D eigenvalue weighted by molar-refractivity contribution is 0.304. The van der Waals surface area contributed by atoms with Crippen molar-refractivity contribution in [1.82, 2.24) is 0 Å². The highest BCUT2D eigenvalue weighted by molar-refractivity contribution is 5.20. The molecule has 0 saturated heterocycles. The first-order valence-electron chi connectivity index (χ1n) is 7.05. The lowest BCUT2D eigenvalue weighted by Gasteiger charge is -2.05. The number of hydrogen-bond acceptors (Lipinski definition) is 1. The van der Waals surface area contributed by atoms with Crippen molar-refractivity contribution in [2.45, 2.75) is 51.4 Å². The van der Waals surface area contributed by atoms with Crippen LogP contribution in [-0.2, 0) is 0 Å². The van der Waals surface area contributed by atoms with Crippen molar-refractivity contribution in [3.63, 3.8) is 0 Å². The Hall–Kier alpha value is -1.42. The van der Waals surface area contributed by atoms with Crippen molar-refractivity contribution >= 4 is 0 Å². The van der Waals surface area contributed by atoms with Gasteiger partial charge in [0.1, 0.15) is 5.75 Å². The summed E-state index contributed by atoms with van der Waals surface area (Å²) in [6, 6.07) is 10.0. The lowest BCUT2D eigenvalue weighted by atomic mass is 10.1. The summed E-state index contributed by atoms with van der Waals surface area (Å²) < 4.78 is 5.64. The zero-order valence-corrected chi connectivity index (χ0v) is 11.2. The molecule has 18 heavy (non-hydrogen) atoms. The molecule has 0 aliphatic carbocycles. The minimum Gasteiger partial charge on any atom is -0.494 e. The van der Waals surface area contributed by atoms with Crippen molar-refractivity contribution in [2.24, 2.45) is 0 Å². The van der Waals surface area contributed by atoms with Gasteiger partial charge >= 0.3 is 0 Å². The van der Waals surface area contributed by atoms with Crippen LogP contribution < -0.4 is 4.74 Å². The van der Waals surface area contributed by atoms with Gasteiger partial charge in [-0.1, -0.05) is 50.3 Å². The number of unbranched alkanes of at least 4 members (excludes halogenated alkanes) is 7. The number of rotatable bonds is 10. The molecular formula is C17H24O. The summed E-state index contributed by atoms with van der Waals surface area (Å²) in [7, 11) is 0. The Labute approximate surface area is 112 Å². The Morgan fingerprint density at radius 2 is 1.44 bits per heavy atom. The van der Waals surface area contributed by atoms with Crippen LogP contribution >= 0.6 is 0 Å². The number of hydrogen-bond donors (Lipinski definition) is 0. The molecule has 0 aliphatic heterocycles. The van der Waals surface area contributed by atoms with Crippen molar-refractivity contribution in [2.75, 3.05) is 6.61 Å². The van der Waals surface area contributed by atoms with Gasteiger partial charge in [0.15, 0.2) is 0 Å². The van der Waals surface area contributed by atoms with Crippen molar-refractivity contribution in [3.8, 4) is 18.1 Å². The second kappa shape index (κ2) is 10.7. The van der Waals surface area contributed by atoms with E-state index < -0.39 is 0 Å². The quantitative estimate of drug-likeness (QED) is 0.423. The van der Waals surface area contributed by atoms with Crippen LogP contribution in [0.2, 0.25) is 0 Å². The van der Waals surface area contributed by atoms with Crippen LogP contribution in [-0.4, -0.2) is 6.61 Å². The molecule has 1 heteroatoms. The normalized spacial score (nSPS) is 9.94. The monoisotopic (exact) mass is 244 g/mol. The molecule has 98 valence electrons. The van der Waals surface area contributed by atoms with Gasteiger partial charge in [0, 0.05) is 6.42 Å². The van der Waals surface area contributed by atoms with E-state index in [1.165, 1.54) is 38.5 Å². The first-order chi connectivity index (χ1) is 8.93. The van der Waals surface area contributed by atoms with E-state index in [0.29, 0.717) is 0 Å². The largest absolute Gasteiger partial charge is 0.494 e. The van der Waals surface area contributed by atoms with E-state index >= 15 is 0 Å². The average molecular weight is 244 g/mol. The summed E-state index contributed by atoms with van der Waals surface area (Å²) >= 11 is 0. The number of benzene rings is 1. The zero-order valence-electron chi connectivity index (χ0n) is 11.2. The Kier molecular flexibility index (Phi) is 8.72. The van der Waals surface area contributed by atoms with Crippen LogP contribution in [0.5, 0.6) is 5.75 Å². The summed E-state index contributed by atoms with van der Waals surface area (Å²) in [5.74, 6) is 3.66. The van der Waals surface area contributed by atoms with E-state index in [9.17, 15) is 0 Å². The Balaban J connectivity index is 1.83. The summed E-state index contributed by atoms with van der Waals surface area (Å²) in [5, 5.41) is 0. The number of ether oxygens (including phenoxy) is 1. The standard InChI is InChI=1S/C17H24O/c1-2-3-4-5-6-7-8-9-13-16-18-17-14-11-10-12-15-17/h1,10-12,14-15H,3-9,13,16H2. The Bertz CT molecular complexity index is 323. The molecule has 0 bridgehead atoms. The maximum Gasteiger partial charge on any atom is 0.119 e. The molecule has 1 aromatic carbocycles. The average Bonchev–Trinajstić information content (AvgIpc) is 2.42. The van der Waals surface area contributed by atoms with Gasteiger partial charge < -0.3 is 4.74 Å². The van der Waals surface area contributed by atoms with Gasteiger partial charge in [-0.2, -0.15) is 0 Å².